The van der Waals surface area contributed by atoms with Crippen molar-refractivity contribution in [2.45, 2.75) is 160 Å². The molecule has 47 heavy (non-hydrogen) atoms. The molecule has 1 rings (SSSR count). The first-order valence-electron chi connectivity index (χ1n) is 18.2. The molecular weight excluding hydrogens is 600 g/mol. The Morgan fingerprint density at radius 2 is 1.30 bits per heavy atom. The fourth-order valence-corrected chi connectivity index (χ4v) is 5.13. The van der Waals surface area contributed by atoms with E-state index in [0.717, 1.165) is 51.4 Å². The van der Waals surface area contributed by atoms with Gasteiger partial charge in [-0.1, -0.05) is 114 Å². The molecule has 1 heterocycles. The second kappa shape index (κ2) is 30.2. The van der Waals surface area contributed by atoms with E-state index in [1.807, 2.05) is 0 Å². The van der Waals surface area contributed by atoms with Crippen LogP contribution < -0.4 is 0 Å². The molecule has 0 amide bonds. The van der Waals surface area contributed by atoms with Crippen LogP contribution in [0, 0.1) is 0 Å². The van der Waals surface area contributed by atoms with Crippen molar-refractivity contribution in [3.05, 3.63) is 48.6 Å². The largest absolute Gasteiger partial charge is 0.457 e. The van der Waals surface area contributed by atoms with Crippen molar-refractivity contribution >= 4 is 5.97 Å². The molecule has 9 nitrogen and oxygen atoms in total. The van der Waals surface area contributed by atoms with Gasteiger partial charge in [-0.25, -0.2) is 0 Å². The van der Waals surface area contributed by atoms with E-state index in [0.29, 0.717) is 13.0 Å². The highest BCUT2D eigenvalue weighted by molar-refractivity contribution is 5.69. The lowest BCUT2D eigenvalue weighted by Gasteiger charge is -2.39. The third kappa shape index (κ3) is 22.4. The summed E-state index contributed by atoms with van der Waals surface area (Å²) in [5.41, 5.74) is 0. The Labute approximate surface area is 284 Å². The number of aliphatic hydroxyl groups excluding tert-OH is 4. The molecule has 1 aliphatic rings. The highest BCUT2D eigenvalue weighted by atomic mass is 16.7. The smallest absolute Gasteiger partial charge is 0.306 e. The predicted octanol–water partition coefficient (Wildman–Crippen LogP) is 6.63. The molecule has 0 aromatic rings. The summed E-state index contributed by atoms with van der Waals surface area (Å²) in [4.78, 5) is 12.6. The first-order valence-corrected chi connectivity index (χ1v) is 18.2. The zero-order valence-corrected chi connectivity index (χ0v) is 29.3. The second-order valence-corrected chi connectivity index (χ2v) is 12.3. The van der Waals surface area contributed by atoms with Gasteiger partial charge in [0, 0.05) is 13.0 Å². The SMILES string of the molecule is CC/C=C\C/C=C\C/C=C\C/C=C\CCCCC(=O)OC(COCCCCCCCCCCC)COC1OC(CO)C(O)C(O)C1O. The van der Waals surface area contributed by atoms with Crippen molar-refractivity contribution in [1.82, 2.24) is 0 Å². The van der Waals surface area contributed by atoms with E-state index in [-0.39, 0.29) is 25.6 Å². The van der Waals surface area contributed by atoms with Crippen LogP contribution >= 0.6 is 0 Å². The first-order chi connectivity index (χ1) is 22.9. The maximum Gasteiger partial charge on any atom is 0.306 e. The molecule has 6 atom stereocenters. The molecule has 6 unspecified atom stereocenters. The Bertz CT molecular complexity index is 854. The zero-order valence-electron chi connectivity index (χ0n) is 29.3. The Hall–Kier alpha value is -1.85. The molecule has 0 spiro atoms. The summed E-state index contributed by atoms with van der Waals surface area (Å²) in [6, 6.07) is 0. The number of hydrogen-bond acceptors (Lipinski definition) is 9. The number of carbonyl (C=O) groups is 1. The maximum atomic E-state index is 12.6. The minimum atomic E-state index is -1.54. The molecule has 0 saturated carbocycles. The van der Waals surface area contributed by atoms with Gasteiger partial charge in [0.25, 0.3) is 0 Å². The second-order valence-electron chi connectivity index (χ2n) is 12.3. The summed E-state index contributed by atoms with van der Waals surface area (Å²) in [5, 5.41) is 39.8. The average molecular weight is 667 g/mol. The third-order valence-electron chi connectivity index (χ3n) is 8.01. The molecule has 0 aromatic carbocycles. The molecular formula is C38H66O9. The zero-order chi connectivity index (χ0) is 34.4. The highest BCUT2D eigenvalue weighted by Gasteiger charge is 2.44. The van der Waals surface area contributed by atoms with Gasteiger partial charge in [-0.3, -0.25) is 4.79 Å². The van der Waals surface area contributed by atoms with Crippen LogP contribution in [0.3, 0.4) is 0 Å². The predicted molar refractivity (Wildman–Crippen MR) is 187 cm³/mol. The van der Waals surface area contributed by atoms with Crippen molar-refractivity contribution < 1.29 is 44.2 Å². The van der Waals surface area contributed by atoms with Crippen LogP contribution in [0.2, 0.25) is 0 Å². The van der Waals surface area contributed by atoms with Gasteiger partial charge in [-0.15, -0.1) is 0 Å². The topological polar surface area (TPSA) is 135 Å². The monoisotopic (exact) mass is 666 g/mol. The molecule has 0 radical (unpaired) electrons. The van der Waals surface area contributed by atoms with Crippen molar-refractivity contribution in [3.63, 3.8) is 0 Å². The number of ether oxygens (including phenoxy) is 4. The number of aliphatic hydroxyl groups is 4. The molecule has 9 heteroatoms. The summed E-state index contributed by atoms with van der Waals surface area (Å²) < 4.78 is 22.6. The molecule has 272 valence electrons. The van der Waals surface area contributed by atoms with E-state index in [1.165, 1.54) is 44.9 Å². The fraction of sp³-hybridized carbons (Fsp3) is 0.763. The number of rotatable bonds is 29. The van der Waals surface area contributed by atoms with Crippen molar-refractivity contribution in [2.24, 2.45) is 0 Å². The van der Waals surface area contributed by atoms with Gasteiger partial charge in [-0.2, -0.15) is 0 Å². The van der Waals surface area contributed by atoms with Gasteiger partial charge < -0.3 is 39.4 Å². The fourth-order valence-electron chi connectivity index (χ4n) is 5.13. The summed E-state index contributed by atoms with van der Waals surface area (Å²) >= 11 is 0. The van der Waals surface area contributed by atoms with Crippen LogP contribution in [0.1, 0.15) is 123 Å². The Morgan fingerprint density at radius 3 is 1.91 bits per heavy atom. The number of unbranched alkanes of at least 4 members (excludes halogenated alkanes) is 10. The lowest BCUT2D eigenvalue weighted by Crippen LogP contribution is -2.59. The van der Waals surface area contributed by atoms with E-state index in [1.54, 1.807) is 0 Å². The van der Waals surface area contributed by atoms with Gasteiger partial charge in [0.2, 0.25) is 0 Å². The quantitative estimate of drug-likeness (QED) is 0.0394. The molecule has 1 aliphatic heterocycles. The first kappa shape index (κ1) is 43.2. The van der Waals surface area contributed by atoms with E-state index in [2.05, 4.69) is 62.5 Å². The van der Waals surface area contributed by atoms with Gasteiger partial charge in [0.15, 0.2) is 6.29 Å². The number of carbonyl (C=O) groups excluding carboxylic acids is 1. The minimum Gasteiger partial charge on any atom is -0.457 e. The van der Waals surface area contributed by atoms with Crippen LogP contribution in [-0.2, 0) is 23.7 Å². The van der Waals surface area contributed by atoms with Crippen molar-refractivity contribution in [3.8, 4) is 0 Å². The average Bonchev–Trinajstić information content (AvgIpc) is 3.07. The normalized spacial score (nSPS) is 22.7. The van der Waals surface area contributed by atoms with E-state index < -0.39 is 43.4 Å². The molecule has 1 fully saturated rings. The van der Waals surface area contributed by atoms with Crippen molar-refractivity contribution in [1.29, 1.82) is 0 Å². The van der Waals surface area contributed by atoms with Gasteiger partial charge >= 0.3 is 5.97 Å². The molecule has 0 aromatic heterocycles. The van der Waals surface area contributed by atoms with Crippen LogP contribution in [0.5, 0.6) is 0 Å². The van der Waals surface area contributed by atoms with Crippen molar-refractivity contribution in [2.75, 3.05) is 26.4 Å². The lowest BCUT2D eigenvalue weighted by molar-refractivity contribution is -0.305. The van der Waals surface area contributed by atoms with Crippen LogP contribution in [0.15, 0.2) is 48.6 Å². The minimum absolute atomic E-state index is 0.127. The van der Waals surface area contributed by atoms with Crippen LogP contribution in [0.4, 0.5) is 0 Å². The van der Waals surface area contributed by atoms with E-state index >= 15 is 0 Å². The number of allylic oxidation sites excluding steroid dienone is 8. The third-order valence-corrected chi connectivity index (χ3v) is 8.01. The number of hydrogen-bond donors (Lipinski definition) is 4. The Morgan fingerprint density at radius 1 is 0.702 bits per heavy atom. The molecule has 0 aliphatic carbocycles. The standard InChI is InChI=1S/C38H66O9/c1-3-5-7-9-11-13-14-15-16-17-18-19-21-23-25-27-34(40)46-32(30-44-28-26-24-22-20-12-10-8-6-4-2)31-45-38-37(43)36(42)35(41)33(29-39)47-38/h5,7,11,13,15-16,18-19,32-33,35-39,41-43H,3-4,6,8-10,12,14,17,20-31H2,1-2H3/b7-5-,13-11-,16-15-,19-18-. The Kier molecular flexibility index (Phi) is 27.8. The van der Waals surface area contributed by atoms with Gasteiger partial charge in [0.1, 0.15) is 30.5 Å². The summed E-state index contributed by atoms with van der Waals surface area (Å²) in [6.45, 7) is 4.34. The maximum absolute atomic E-state index is 12.6. The summed E-state index contributed by atoms with van der Waals surface area (Å²) in [7, 11) is 0. The number of esters is 1. The van der Waals surface area contributed by atoms with Gasteiger partial charge in [0.05, 0.1) is 19.8 Å². The Balaban J connectivity index is 2.39. The molecule has 4 N–H and O–H groups in total. The van der Waals surface area contributed by atoms with E-state index in [4.69, 9.17) is 18.9 Å². The van der Waals surface area contributed by atoms with Crippen LogP contribution in [-0.4, -0.2) is 89.6 Å². The highest BCUT2D eigenvalue weighted by Crippen LogP contribution is 2.22. The van der Waals surface area contributed by atoms with Crippen LogP contribution in [0.25, 0.3) is 0 Å². The molecule has 1 saturated heterocycles. The summed E-state index contributed by atoms with van der Waals surface area (Å²) in [5.74, 6) is -0.357. The summed E-state index contributed by atoms with van der Waals surface area (Å²) in [6.07, 6.45) is 27.1. The van der Waals surface area contributed by atoms with Gasteiger partial charge in [-0.05, 0) is 51.4 Å². The lowest BCUT2D eigenvalue weighted by atomic mass is 9.99. The van der Waals surface area contributed by atoms with E-state index in [9.17, 15) is 25.2 Å². The molecule has 0 bridgehead atoms.